The molecule has 7 nitrogen and oxygen atoms in total. The summed E-state index contributed by atoms with van der Waals surface area (Å²) in [7, 11) is 0. The zero-order valence-electron chi connectivity index (χ0n) is 9.01. The Bertz CT molecular complexity index is 485. The average molecular weight is 371 g/mol. The van der Waals surface area contributed by atoms with Gasteiger partial charge < -0.3 is 25.3 Å². The third-order valence-electron chi connectivity index (χ3n) is 2.54. The van der Waals surface area contributed by atoms with Crippen LogP contribution >= 0.6 is 22.6 Å². The van der Waals surface area contributed by atoms with Crippen molar-refractivity contribution in [1.82, 2.24) is 9.97 Å². The molecule has 0 saturated carbocycles. The molecule has 1 aliphatic rings. The van der Waals surface area contributed by atoms with Gasteiger partial charge in [0.1, 0.15) is 18.0 Å². The van der Waals surface area contributed by atoms with Gasteiger partial charge in [0.15, 0.2) is 12.4 Å². The normalized spacial score (nSPS) is 31.6. The molecule has 4 N–H and O–H groups in total. The summed E-state index contributed by atoms with van der Waals surface area (Å²) in [5, 5.41) is 20.9. The minimum Gasteiger partial charge on any atom is -0.394 e. The Labute approximate surface area is 115 Å². The molecule has 0 amide bonds. The van der Waals surface area contributed by atoms with E-state index in [1.54, 1.807) is 0 Å². The second-order valence-electron chi connectivity index (χ2n) is 3.76. The molecule has 1 saturated heterocycles. The van der Waals surface area contributed by atoms with Crippen LogP contribution in [-0.4, -0.2) is 51.4 Å². The van der Waals surface area contributed by atoms with Gasteiger partial charge in [-0.25, -0.2) is 9.18 Å². The van der Waals surface area contributed by atoms with Gasteiger partial charge in [-0.05, 0) is 22.6 Å². The molecule has 0 aromatic carbocycles. The Morgan fingerprint density at radius 2 is 2.39 bits per heavy atom. The van der Waals surface area contributed by atoms with Crippen LogP contribution in [0.15, 0.2) is 11.0 Å². The van der Waals surface area contributed by atoms with Crippen LogP contribution < -0.4 is 11.0 Å². The SMILES string of the molecule is O=c1nc(N[C@@H]2O[C@H](CO)[C@@H](O)[C@@H]2F)c(I)c[nH]1. The molecule has 1 fully saturated rings. The first-order valence-electron chi connectivity index (χ1n) is 5.13. The standard InChI is InChI=1S/C9H11FIN3O4/c10-5-6(16)4(2-15)18-8(5)13-7-3(11)1-12-9(17)14-7/h1,4-6,8,15-16H,2H2,(H2,12,13,14,17)/t4-,5+,6-,8-/m1/s1. The lowest BCUT2D eigenvalue weighted by Crippen LogP contribution is -2.34. The molecule has 4 atom stereocenters. The second-order valence-corrected chi connectivity index (χ2v) is 4.92. The Balaban J connectivity index is 2.15. The number of aliphatic hydroxyl groups is 2. The number of aromatic amines is 1. The fourth-order valence-electron chi connectivity index (χ4n) is 1.61. The molecule has 0 spiro atoms. The number of aromatic nitrogens is 2. The fourth-order valence-corrected chi connectivity index (χ4v) is 2.04. The van der Waals surface area contributed by atoms with Gasteiger partial charge in [-0.15, -0.1) is 0 Å². The predicted octanol–water partition coefficient (Wildman–Crippen LogP) is -0.797. The molecular formula is C9H11FIN3O4. The van der Waals surface area contributed by atoms with Gasteiger partial charge in [0.25, 0.3) is 0 Å². The maximum absolute atomic E-state index is 13.7. The van der Waals surface area contributed by atoms with Crippen LogP contribution in [0.4, 0.5) is 10.2 Å². The summed E-state index contributed by atoms with van der Waals surface area (Å²) < 4.78 is 19.3. The molecule has 2 heterocycles. The molecular weight excluding hydrogens is 360 g/mol. The number of hydrogen-bond donors (Lipinski definition) is 4. The van der Waals surface area contributed by atoms with E-state index in [2.05, 4.69) is 15.3 Å². The first kappa shape index (κ1) is 13.6. The summed E-state index contributed by atoms with van der Waals surface area (Å²) in [6.07, 6.45) is -3.84. The van der Waals surface area contributed by atoms with E-state index in [0.717, 1.165) is 0 Å². The Kier molecular flexibility index (Phi) is 4.14. The van der Waals surface area contributed by atoms with E-state index in [9.17, 15) is 14.3 Å². The van der Waals surface area contributed by atoms with Crippen molar-refractivity contribution in [1.29, 1.82) is 0 Å². The Hall–Kier alpha value is -0.780. The number of aliphatic hydroxyl groups excluding tert-OH is 2. The van der Waals surface area contributed by atoms with E-state index in [1.165, 1.54) is 6.20 Å². The van der Waals surface area contributed by atoms with Crippen LogP contribution in [0.2, 0.25) is 0 Å². The highest BCUT2D eigenvalue weighted by atomic mass is 127. The third-order valence-corrected chi connectivity index (χ3v) is 3.36. The van der Waals surface area contributed by atoms with Crippen LogP contribution in [0.25, 0.3) is 0 Å². The summed E-state index contributed by atoms with van der Waals surface area (Å²) >= 11 is 1.91. The van der Waals surface area contributed by atoms with E-state index in [1.807, 2.05) is 22.6 Å². The van der Waals surface area contributed by atoms with Crippen molar-refractivity contribution in [2.75, 3.05) is 11.9 Å². The van der Waals surface area contributed by atoms with Gasteiger partial charge in [-0.3, -0.25) is 0 Å². The largest absolute Gasteiger partial charge is 0.394 e. The van der Waals surface area contributed by atoms with Crippen LogP contribution in [0.1, 0.15) is 0 Å². The van der Waals surface area contributed by atoms with Crippen molar-refractivity contribution in [3.05, 3.63) is 20.3 Å². The van der Waals surface area contributed by atoms with Gasteiger partial charge in [-0.2, -0.15) is 4.98 Å². The lowest BCUT2D eigenvalue weighted by Gasteiger charge is -2.15. The molecule has 18 heavy (non-hydrogen) atoms. The number of hydrogen-bond acceptors (Lipinski definition) is 6. The molecule has 1 aromatic heterocycles. The number of nitrogens with one attached hydrogen (secondary N) is 2. The van der Waals surface area contributed by atoms with Crippen molar-refractivity contribution in [2.45, 2.75) is 24.6 Å². The molecule has 0 unspecified atom stereocenters. The summed E-state index contributed by atoms with van der Waals surface area (Å²) in [4.78, 5) is 17.0. The first-order valence-corrected chi connectivity index (χ1v) is 6.21. The van der Waals surface area contributed by atoms with E-state index in [4.69, 9.17) is 9.84 Å². The monoisotopic (exact) mass is 371 g/mol. The molecule has 0 bridgehead atoms. The quantitative estimate of drug-likeness (QED) is 0.519. The summed E-state index contributed by atoms with van der Waals surface area (Å²) in [6.45, 7) is -0.486. The number of alkyl halides is 1. The minimum absolute atomic E-state index is 0.165. The zero-order chi connectivity index (χ0) is 13.3. The number of nitrogens with zero attached hydrogens (tertiary/aromatic N) is 1. The van der Waals surface area contributed by atoms with E-state index >= 15 is 0 Å². The molecule has 100 valence electrons. The van der Waals surface area contributed by atoms with Crippen LogP contribution in [0, 0.1) is 3.57 Å². The second kappa shape index (κ2) is 5.47. The number of H-pyrrole nitrogens is 1. The minimum atomic E-state index is -1.71. The van der Waals surface area contributed by atoms with Gasteiger partial charge >= 0.3 is 5.69 Å². The van der Waals surface area contributed by atoms with E-state index < -0.39 is 36.9 Å². The molecule has 1 aliphatic heterocycles. The van der Waals surface area contributed by atoms with Crippen molar-refractivity contribution >= 4 is 28.4 Å². The van der Waals surface area contributed by atoms with Gasteiger partial charge in [0, 0.05) is 6.20 Å². The van der Waals surface area contributed by atoms with Gasteiger partial charge in [0.2, 0.25) is 0 Å². The average Bonchev–Trinajstić information content (AvgIpc) is 2.62. The van der Waals surface area contributed by atoms with E-state index in [0.29, 0.717) is 3.57 Å². The Morgan fingerprint density at radius 1 is 1.67 bits per heavy atom. The Morgan fingerprint density at radius 3 is 3.00 bits per heavy atom. The fraction of sp³-hybridized carbons (Fsp3) is 0.556. The zero-order valence-corrected chi connectivity index (χ0v) is 11.2. The number of rotatable bonds is 3. The highest BCUT2D eigenvalue weighted by Crippen LogP contribution is 2.25. The molecule has 1 aromatic rings. The summed E-state index contributed by atoms with van der Waals surface area (Å²) in [5.41, 5.74) is -0.578. The van der Waals surface area contributed by atoms with Crippen LogP contribution in [0.3, 0.4) is 0 Å². The smallest absolute Gasteiger partial charge is 0.346 e. The lowest BCUT2D eigenvalue weighted by atomic mass is 10.1. The van der Waals surface area contributed by atoms with Crippen LogP contribution in [0.5, 0.6) is 0 Å². The van der Waals surface area contributed by atoms with Crippen molar-refractivity contribution < 1.29 is 19.3 Å². The number of ether oxygens (including phenoxy) is 1. The van der Waals surface area contributed by atoms with Gasteiger partial charge in [-0.1, -0.05) is 0 Å². The van der Waals surface area contributed by atoms with E-state index in [-0.39, 0.29) is 5.82 Å². The van der Waals surface area contributed by atoms with Crippen molar-refractivity contribution in [2.24, 2.45) is 0 Å². The van der Waals surface area contributed by atoms with Crippen molar-refractivity contribution in [3.8, 4) is 0 Å². The highest BCUT2D eigenvalue weighted by molar-refractivity contribution is 14.1. The van der Waals surface area contributed by atoms with Gasteiger partial charge in [0.05, 0.1) is 10.2 Å². The van der Waals surface area contributed by atoms with Crippen molar-refractivity contribution in [3.63, 3.8) is 0 Å². The molecule has 0 aliphatic carbocycles. The number of anilines is 1. The molecule has 9 heteroatoms. The molecule has 0 radical (unpaired) electrons. The van der Waals surface area contributed by atoms with Crippen LogP contribution in [-0.2, 0) is 4.74 Å². The highest BCUT2D eigenvalue weighted by Gasteiger charge is 2.44. The lowest BCUT2D eigenvalue weighted by molar-refractivity contribution is -0.0151. The third kappa shape index (κ3) is 2.63. The molecule has 2 rings (SSSR count). The topological polar surface area (TPSA) is 107 Å². The number of halogens is 2. The summed E-state index contributed by atoms with van der Waals surface area (Å²) in [6, 6.07) is 0. The first-order chi connectivity index (χ1) is 8.52. The predicted molar refractivity (Wildman–Crippen MR) is 67.8 cm³/mol. The maximum Gasteiger partial charge on any atom is 0.346 e. The maximum atomic E-state index is 13.7. The summed E-state index contributed by atoms with van der Waals surface area (Å²) in [5.74, 6) is 0.165.